The lowest BCUT2D eigenvalue weighted by molar-refractivity contribution is -0.910. The zero-order valence-corrected chi connectivity index (χ0v) is 17.7. The van der Waals surface area contributed by atoms with Crippen LogP contribution in [0, 0.1) is 0 Å². The van der Waals surface area contributed by atoms with E-state index in [4.69, 9.17) is 0 Å². The number of imide groups is 1. The summed E-state index contributed by atoms with van der Waals surface area (Å²) >= 11 is 0. The molecule has 0 unspecified atom stereocenters. The third-order valence-electron chi connectivity index (χ3n) is 5.63. The maximum absolute atomic E-state index is 12.3. The van der Waals surface area contributed by atoms with Crippen LogP contribution in [-0.4, -0.2) is 42.3 Å². The Morgan fingerprint density at radius 2 is 1.47 bits per heavy atom. The second-order valence-corrected chi connectivity index (χ2v) is 7.64. The SMILES string of the molecule is CC[NH+](CC)Cc1ccc(CNC(=O)CCCN2C(=O)c3ccccc3C2=O)cc1. The summed E-state index contributed by atoms with van der Waals surface area (Å²) in [4.78, 5) is 39.6. The van der Waals surface area contributed by atoms with Gasteiger partial charge in [0.05, 0.1) is 24.2 Å². The van der Waals surface area contributed by atoms with Crippen LogP contribution in [0.3, 0.4) is 0 Å². The van der Waals surface area contributed by atoms with Gasteiger partial charge in [-0.25, -0.2) is 0 Å². The Kier molecular flexibility index (Phi) is 7.36. The number of benzene rings is 2. The Balaban J connectivity index is 1.40. The number of hydrogen-bond donors (Lipinski definition) is 2. The van der Waals surface area contributed by atoms with E-state index in [9.17, 15) is 14.4 Å². The molecule has 0 aromatic heterocycles. The van der Waals surface area contributed by atoms with Gasteiger partial charge < -0.3 is 10.2 Å². The molecule has 0 fully saturated rings. The Hall–Kier alpha value is -2.99. The summed E-state index contributed by atoms with van der Waals surface area (Å²) in [6.45, 7) is 8.34. The van der Waals surface area contributed by atoms with Crippen LogP contribution in [-0.2, 0) is 17.9 Å². The van der Waals surface area contributed by atoms with Gasteiger partial charge in [-0.2, -0.15) is 0 Å². The van der Waals surface area contributed by atoms with Crippen LogP contribution in [0.5, 0.6) is 0 Å². The molecule has 0 saturated heterocycles. The topological polar surface area (TPSA) is 70.9 Å². The van der Waals surface area contributed by atoms with E-state index in [0.29, 0.717) is 24.1 Å². The third-order valence-corrected chi connectivity index (χ3v) is 5.63. The molecule has 1 heterocycles. The first-order valence-corrected chi connectivity index (χ1v) is 10.7. The molecule has 2 aromatic carbocycles. The molecule has 30 heavy (non-hydrogen) atoms. The van der Waals surface area contributed by atoms with E-state index in [2.05, 4.69) is 43.4 Å². The predicted octanol–water partition coefficient (Wildman–Crippen LogP) is 1.80. The minimum atomic E-state index is -0.275. The van der Waals surface area contributed by atoms with Gasteiger partial charge in [0, 0.05) is 25.1 Å². The van der Waals surface area contributed by atoms with Gasteiger partial charge in [0.25, 0.3) is 11.8 Å². The van der Waals surface area contributed by atoms with Crippen molar-refractivity contribution in [2.45, 2.75) is 39.8 Å². The first kappa shape index (κ1) is 21.7. The van der Waals surface area contributed by atoms with Crippen LogP contribution in [0.25, 0.3) is 0 Å². The molecule has 3 amide bonds. The predicted molar refractivity (Wildman–Crippen MR) is 115 cm³/mol. The summed E-state index contributed by atoms with van der Waals surface area (Å²) < 4.78 is 0. The van der Waals surface area contributed by atoms with Crippen molar-refractivity contribution in [3.05, 3.63) is 70.8 Å². The van der Waals surface area contributed by atoms with Crippen molar-refractivity contribution in [2.24, 2.45) is 0 Å². The van der Waals surface area contributed by atoms with Crippen LogP contribution >= 0.6 is 0 Å². The Labute approximate surface area is 177 Å². The maximum Gasteiger partial charge on any atom is 0.261 e. The number of rotatable bonds is 10. The van der Waals surface area contributed by atoms with Gasteiger partial charge in [0.1, 0.15) is 6.54 Å². The molecule has 0 bridgehead atoms. The first-order valence-electron chi connectivity index (χ1n) is 10.7. The number of amides is 3. The fourth-order valence-electron chi connectivity index (χ4n) is 3.69. The van der Waals surface area contributed by atoms with Crippen molar-refractivity contribution in [3.63, 3.8) is 0 Å². The summed E-state index contributed by atoms with van der Waals surface area (Å²) in [5, 5.41) is 2.91. The van der Waals surface area contributed by atoms with E-state index < -0.39 is 0 Å². The molecule has 3 rings (SSSR count). The minimum Gasteiger partial charge on any atom is -0.352 e. The second kappa shape index (κ2) is 10.2. The van der Waals surface area contributed by atoms with E-state index >= 15 is 0 Å². The number of nitrogens with zero attached hydrogens (tertiary/aromatic N) is 1. The van der Waals surface area contributed by atoms with Crippen molar-refractivity contribution in [1.29, 1.82) is 0 Å². The fourth-order valence-corrected chi connectivity index (χ4v) is 3.69. The highest BCUT2D eigenvalue weighted by Crippen LogP contribution is 2.22. The number of fused-ring (bicyclic) bond motifs is 1. The molecular formula is C24H30N3O3+. The minimum absolute atomic E-state index is 0.0803. The Morgan fingerprint density at radius 3 is 2.03 bits per heavy atom. The lowest BCUT2D eigenvalue weighted by atomic mass is 10.1. The van der Waals surface area contributed by atoms with Crippen LogP contribution < -0.4 is 10.2 Å². The summed E-state index contributed by atoms with van der Waals surface area (Å²) in [7, 11) is 0. The van der Waals surface area contributed by atoms with Crippen molar-refractivity contribution in [3.8, 4) is 0 Å². The standard InChI is InChI=1S/C24H29N3O3/c1-3-26(4-2)17-19-13-11-18(12-14-19)16-25-22(28)10-7-15-27-23(29)20-8-5-6-9-21(20)24(27)30/h5-6,8-9,11-14H,3-4,7,10,15-17H2,1-2H3,(H,25,28)/p+1. The normalized spacial score (nSPS) is 13.1. The summed E-state index contributed by atoms with van der Waals surface area (Å²) in [5.41, 5.74) is 3.24. The van der Waals surface area contributed by atoms with Gasteiger partial charge in [0.15, 0.2) is 0 Å². The summed E-state index contributed by atoms with van der Waals surface area (Å²) in [5.74, 6) is -0.631. The van der Waals surface area contributed by atoms with Gasteiger partial charge in [-0.1, -0.05) is 36.4 Å². The van der Waals surface area contributed by atoms with Crippen molar-refractivity contribution < 1.29 is 19.3 Å². The highest BCUT2D eigenvalue weighted by molar-refractivity contribution is 6.21. The zero-order valence-electron chi connectivity index (χ0n) is 17.7. The van der Waals surface area contributed by atoms with E-state index in [0.717, 1.165) is 25.2 Å². The quantitative estimate of drug-likeness (QED) is 0.589. The molecule has 6 heteroatoms. The number of carbonyl (C=O) groups is 3. The Morgan fingerprint density at radius 1 is 0.900 bits per heavy atom. The van der Waals surface area contributed by atoms with Gasteiger partial charge >= 0.3 is 0 Å². The second-order valence-electron chi connectivity index (χ2n) is 7.64. The molecule has 6 nitrogen and oxygen atoms in total. The van der Waals surface area contributed by atoms with Crippen LogP contribution in [0.15, 0.2) is 48.5 Å². The molecular weight excluding hydrogens is 378 g/mol. The molecule has 2 aromatic rings. The molecule has 1 aliphatic heterocycles. The van der Waals surface area contributed by atoms with Gasteiger partial charge in [0.2, 0.25) is 5.91 Å². The molecule has 1 aliphatic rings. The van der Waals surface area contributed by atoms with Gasteiger partial charge in [-0.3, -0.25) is 19.3 Å². The van der Waals surface area contributed by atoms with E-state index in [1.54, 1.807) is 24.3 Å². The third kappa shape index (κ3) is 5.13. The average Bonchev–Trinajstić information content (AvgIpc) is 3.02. The summed E-state index contributed by atoms with van der Waals surface area (Å²) in [6, 6.07) is 15.2. The monoisotopic (exact) mass is 408 g/mol. The van der Waals surface area contributed by atoms with Crippen molar-refractivity contribution in [1.82, 2.24) is 10.2 Å². The number of carbonyl (C=O) groups excluding carboxylic acids is 3. The van der Waals surface area contributed by atoms with Crippen LogP contribution in [0.1, 0.15) is 58.5 Å². The number of quaternary nitrogens is 1. The van der Waals surface area contributed by atoms with E-state index in [1.165, 1.54) is 15.4 Å². The molecule has 0 atom stereocenters. The maximum atomic E-state index is 12.3. The molecule has 2 N–H and O–H groups in total. The molecule has 0 aliphatic carbocycles. The first-order chi connectivity index (χ1) is 14.5. The smallest absolute Gasteiger partial charge is 0.261 e. The molecule has 0 saturated carbocycles. The lowest BCUT2D eigenvalue weighted by Crippen LogP contribution is -3.10. The van der Waals surface area contributed by atoms with E-state index in [-0.39, 0.29) is 30.7 Å². The fraction of sp³-hybridized carbons (Fsp3) is 0.375. The van der Waals surface area contributed by atoms with Crippen LogP contribution in [0.4, 0.5) is 0 Å². The van der Waals surface area contributed by atoms with Crippen molar-refractivity contribution >= 4 is 17.7 Å². The zero-order chi connectivity index (χ0) is 21.5. The molecule has 0 radical (unpaired) electrons. The lowest BCUT2D eigenvalue weighted by Gasteiger charge is -2.15. The van der Waals surface area contributed by atoms with E-state index in [1.807, 2.05) is 0 Å². The highest BCUT2D eigenvalue weighted by Gasteiger charge is 2.34. The van der Waals surface area contributed by atoms with Crippen molar-refractivity contribution in [2.75, 3.05) is 19.6 Å². The number of hydrogen-bond acceptors (Lipinski definition) is 3. The van der Waals surface area contributed by atoms with Gasteiger partial charge in [-0.15, -0.1) is 0 Å². The number of nitrogens with one attached hydrogen (secondary N) is 2. The average molecular weight is 409 g/mol. The Bertz CT molecular complexity index is 869. The highest BCUT2D eigenvalue weighted by atomic mass is 16.2. The molecule has 158 valence electrons. The van der Waals surface area contributed by atoms with Crippen LogP contribution in [0.2, 0.25) is 0 Å². The summed E-state index contributed by atoms with van der Waals surface area (Å²) in [6.07, 6.45) is 0.722. The largest absolute Gasteiger partial charge is 0.352 e. The molecule has 0 spiro atoms. The van der Waals surface area contributed by atoms with Gasteiger partial charge in [-0.05, 0) is 38.0 Å².